The van der Waals surface area contributed by atoms with Gasteiger partial charge in [-0.1, -0.05) is 18.6 Å². The third-order valence-electron chi connectivity index (χ3n) is 2.00. The van der Waals surface area contributed by atoms with Gasteiger partial charge in [-0.25, -0.2) is 0 Å². The van der Waals surface area contributed by atoms with Gasteiger partial charge < -0.3 is 5.11 Å². The zero-order valence-corrected chi connectivity index (χ0v) is 6.29. The Morgan fingerprint density at radius 1 is 1.80 bits per heavy atom. The SMILES string of the molecule is CC1=CC(C)CC1C(=O)O. The van der Waals surface area contributed by atoms with Crippen LogP contribution in [0.15, 0.2) is 11.6 Å². The second-order valence-electron chi connectivity index (χ2n) is 3.01. The number of rotatable bonds is 1. The highest BCUT2D eigenvalue weighted by atomic mass is 16.4. The second-order valence-corrected chi connectivity index (χ2v) is 3.01. The molecule has 0 saturated heterocycles. The topological polar surface area (TPSA) is 37.3 Å². The van der Waals surface area contributed by atoms with Gasteiger partial charge in [0.1, 0.15) is 0 Å². The van der Waals surface area contributed by atoms with Crippen molar-refractivity contribution in [2.75, 3.05) is 0 Å². The van der Waals surface area contributed by atoms with Crippen molar-refractivity contribution in [1.29, 1.82) is 0 Å². The number of hydrogen-bond acceptors (Lipinski definition) is 1. The summed E-state index contributed by atoms with van der Waals surface area (Å²) < 4.78 is 0. The predicted molar refractivity (Wildman–Crippen MR) is 38.7 cm³/mol. The van der Waals surface area contributed by atoms with Crippen LogP contribution in [-0.2, 0) is 4.79 Å². The van der Waals surface area contributed by atoms with E-state index in [4.69, 9.17) is 5.11 Å². The molecule has 2 heteroatoms. The van der Waals surface area contributed by atoms with Crippen molar-refractivity contribution in [3.05, 3.63) is 11.6 Å². The molecule has 1 aliphatic rings. The molecule has 10 heavy (non-hydrogen) atoms. The standard InChI is InChI=1S/C8H12O2/c1-5-3-6(2)7(4-5)8(9)10/h3,5,7H,4H2,1-2H3,(H,9,10). The maximum atomic E-state index is 10.5. The fraction of sp³-hybridized carbons (Fsp3) is 0.625. The molecular formula is C8H12O2. The van der Waals surface area contributed by atoms with Crippen LogP contribution in [0.1, 0.15) is 20.3 Å². The van der Waals surface area contributed by atoms with Crippen LogP contribution in [0.2, 0.25) is 0 Å². The fourth-order valence-electron chi connectivity index (χ4n) is 1.49. The molecule has 1 rings (SSSR count). The van der Waals surface area contributed by atoms with Crippen molar-refractivity contribution in [2.24, 2.45) is 11.8 Å². The van der Waals surface area contributed by atoms with Crippen LogP contribution in [0.25, 0.3) is 0 Å². The van der Waals surface area contributed by atoms with Crippen molar-refractivity contribution >= 4 is 5.97 Å². The summed E-state index contributed by atoms with van der Waals surface area (Å²) >= 11 is 0. The van der Waals surface area contributed by atoms with Gasteiger partial charge in [0.15, 0.2) is 0 Å². The van der Waals surface area contributed by atoms with Gasteiger partial charge in [0.05, 0.1) is 5.92 Å². The zero-order valence-electron chi connectivity index (χ0n) is 6.29. The monoisotopic (exact) mass is 140 g/mol. The molecule has 2 unspecified atom stereocenters. The van der Waals surface area contributed by atoms with Gasteiger partial charge in [-0.15, -0.1) is 0 Å². The molecule has 0 fully saturated rings. The summed E-state index contributed by atoms with van der Waals surface area (Å²) in [5.74, 6) is -0.450. The third-order valence-corrected chi connectivity index (χ3v) is 2.00. The Morgan fingerprint density at radius 2 is 2.40 bits per heavy atom. The van der Waals surface area contributed by atoms with Crippen LogP contribution in [0.5, 0.6) is 0 Å². The van der Waals surface area contributed by atoms with Crippen LogP contribution in [0, 0.1) is 11.8 Å². The second kappa shape index (κ2) is 2.45. The average molecular weight is 140 g/mol. The summed E-state index contributed by atoms with van der Waals surface area (Å²) in [6.07, 6.45) is 2.82. The van der Waals surface area contributed by atoms with Gasteiger partial charge in [0.2, 0.25) is 0 Å². The Kier molecular flexibility index (Phi) is 1.79. The van der Waals surface area contributed by atoms with E-state index in [0.29, 0.717) is 5.92 Å². The third kappa shape index (κ3) is 1.20. The van der Waals surface area contributed by atoms with Gasteiger partial charge in [0.25, 0.3) is 0 Å². The maximum absolute atomic E-state index is 10.5. The van der Waals surface area contributed by atoms with Gasteiger partial charge in [-0.05, 0) is 19.3 Å². The number of hydrogen-bond donors (Lipinski definition) is 1. The first-order valence-electron chi connectivity index (χ1n) is 3.52. The van der Waals surface area contributed by atoms with E-state index in [1.165, 1.54) is 0 Å². The molecule has 56 valence electrons. The average Bonchev–Trinajstić information content (AvgIpc) is 2.10. The smallest absolute Gasteiger partial charge is 0.310 e. The van der Waals surface area contributed by atoms with E-state index in [1.54, 1.807) is 0 Å². The molecule has 2 nitrogen and oxygen atoms in total. The molecular weight excluding hydrogens is 128 g/mol. The molecule has 0 aromatic heterocycles. The van der Waals surface area contributed by atoms with E-state index in [1.807, 2.05) is 19.9 Å². The van der Waals surface area contributed by atoms with E-state index in [9.17, 15) is 4.79 Å². The molecule has 0 aliphatic heterocycles. The molecule has 0 bridgehead atoms. The van der Waals surface area contributed by atoms with Crippen LogP contribution >= 0.6 is 0 Å². The molecule has 1 N–H and O–H groups in total. The van der Waals surface area contributed by atoms with Crippen molar-refractivity contribution in [1.82, 2.24) is 0 Å². The van der Waals surface area contributed by atoms with Gasteiger partial charge in [-0.3, -0.25) is 4.79 Å². The first-order chi connectivity index (χ1) is 4.61. The summed E-state index contributed by atoms with van der Waals surface area (Å²) in [6, 6.07) is 0. The molecule has 0 saturated carbocycles. The lowest BCUT2D eigenvalue weighted by molar-refractivity contribution is -0.140. The lowest BCUT2D eigenvalue weighted by Crippen LogP contribution is -2.11. The van der Waals surface area contributed by atoms with Gasteiger partial charge in [-0.2, -0.15) is 0 Å². The Balaban J connectivity index is 2.68. The first-order valence-corrected chi connectivity index (χ1v) is 3.52. The van der Waals surface area contributed by atoms with E-state index in [2.05, 4.69) is 0 Å². The van der Waals surface area contributed by atoms with Crippen molar-refractivity contribution in [2.45, 2.75) is 20.3 Å². The molecule has 0 aromatic rings. The number of allylic oxidation sites excluding steroid dienone is 1. The van der Waals surface area contributed by atoms with E-state index >= 15 is 0 Å². The molecule has 0 spiro atoms. The Hall–Kier alpha value is -0.790. The predicted octanol–water partition coefficient (Wildman–Crippen LogP) is 1.67. The minimum Gasteiger partial charge on any atom is -0.481 e. The van der Waals surface area contributed by atoms with E-state index in [0.717, 1.165) is 12.0 Å². The number of carbonyl (C=O) groups is 1. The molecule has 0 aromatic carbocycles. The Labute approximate surface area is 60.6 Å². The number of carboxylic acid groups (broad SMARTS) is 1. The van der Waals surface area contributed by atoms with E-state index in [-0.39, 0.29) is 5.92 Å². The van der Waals surface area contributed by atoms with Crippen LogP contribution in [-0.4, -0.2) is 11.1 Å². The highest BCUT2D eigenvalue weighted by Crippen LogP contribution is 2.29. The minimum atomic E-state index is -0.682. The summed E-state index contributed by atoms with van der Waals surface area (Å²) in [6.45, 7) is 3.94. The lowest BCUT2D eigenvalue weighted by atomic mass is 10.0. The van der Waals surface area contributed by atoms with Crippen molar-refractivity contribution in [3.8, 4) is 0 Å². The van der Waals surface area contributed by atoms with Crippen molar-refractivity contribution in [3.63, 3.8) is 0 Å². The molecule has 0 heterocycles. The van der Waals surface area contributed by atoms with Crippen LogP contribution < -0.4 is 0 Å². The first kappa shape index (κ1) is 7.32. The van der Waals surface area contributed by atoms with Crippen LogP contribution in [0.3, 0.4) is 0 Å². The largest absolute Gasteiger partial charge is 0.481 e. The Bertz CT molecular complexity index is 182. The summed E-state index contributed by atoms with van der Waals surface area (Å²) in [5.41, 5.74) is 1.01. The van der Waals surface area contributed by atoms with E-state index < -0.39 is 5.97 Å². The summed E-state index contributed by atoms with van der Waals surface area (Å²) in [5, 5.41) is 8.66. The normalized spacial score (nSPS) is 32.0. The lowest BCUT2D eigenvalue weighted by Gasteiger charge is -2.04. The zero-order chi connectivity index (χ0) is 7.72. The molecule has 2 atom stereocenters. The summed E-state index contributed by atoms with van der Waals surface area (Å²) in [4.78, 5) is 10.5. The fourth-order valence-corrected chi connectivity index (χ4v) is 1.49. The van der Waals surface area contributed by atoms with Gasteiger partial charge in [0, 0.05) is 0 Å². The highest BCUT2D eigenvalue weighted by Gasteiger charge is 2.26. The molecule has 0 radical (unpaired) electrons. The highest BCUT2D eigenvalue weighted by molar-refractivity contribution is 5.74. The molecule has 1 aliphatic carbocycles. The molecule has 0 amide bonds. The minimum absolute atomic E-state index is 0.213. The Morgan fingerprint density at radius 3 is 2.60 bits per heavy atom. The number of aliphatic carboxylic acids is 1. The van der Waals surface area contributed by atoms with Gasteiger partial charge >= 0.3 is 5.97 Å². The summed E-state index contributed by atoms with van der Waals surface area (Å²) in [7, 11) is 0. The quantitative estimate of drug-likeness (QED) is 0.562. The maximum Gasteiger partial charge on any atom is 0.310 e. The number of carboxylic acids is 1. The van der Waals surface area contributed by atoms with Crippen molar-refractivity contribution < 1.29 is 9.90 Å². The van der Waals surface area contributed by atoms with Crippen LogP contribution in [0.4, 0.5) is 0 Å².